The summed E-state index contributed by atoms with van der Waals surface area (Å²) in [5, 5.41) is 3.31. The minimum atomic E-state index is -4.06. The number of alkyl halides is 3. The zero-order valence-corrected chi connectivity index (χ0v) is 9.77. The lowest BCUT2D eigenvalue weighted by Crippen LogP contribution is -2.48. The number of halogens is 3. The van der Waals surface area contributed by atoms with E-state index in [0.717, 1.165) is 6.42 Å². The minimum Gasteiger partial charge on any atom is -0.310 e. The molecule has 5 heteroatoms. The summed E-state index contributed by atoms with van der Waals surface area (Å²) in [6, 6.07) is 0.561. The standard InChI is InChI=1S/C11H19F3N2/c1-8(2)15-9-3-6-16(7-9)10(4-5-10)11(12,13)14/h8-9,15H,3-7H2,1-2H3. The Balaban J connectivity index is 1.94. The van der Waals surface area contributed by atoms with Gasteiger partial charge < -0.3 is 5.32 Å². The van der Waals surface area contributed by atoms with E-state index in [9.17, 15) is 13.2 Å². The molecule has 0 aromatic rings. The molecule has 1 atom stereocenters. The van der Waals surface area contributed by atoms with Crippen LogP contribution in [0.25, 0.3) is 0 Å². The Labute approximate surface area is 94.2 Å². The van der Waals surface area contributed by atoms with Crippen molar-refractivity contribution in [1.82, 2.24) is 10.2 Å². The normalized spacial score (nSPS) is 30.0. The Kier molecular flexibility index (Phi) is 2.95. The van der Waals surface area contributed by atoms with Crippen molar-refractivity contribution < 1.29 is 13.2 Å². The number of nitrogens with one attached hydrogen (secondary N) is 1. The Bertz CT molecular complexity index is 258. The monoisotopic (exact) mass is 236 g/mol. The molecule has 0 aromatic carbocycles. The van der Waals surface area contributed by atoms with Gasteiger partial charge in [-0.15, -0.1) is 0 Å². The van der Waals surface area contributed by atoms with Crippen LogP contribution in [0.3, 0.4) is 0 Å². The second-order valence-corrected chi connectivity index (χ2v) is 5.28. The summed E-state index contributed by atoms with van der Waals surface area (Å²) in [7, 11) is 0. The van der Waals surface area contributed by atoms with Crippen LogP contribution in [0.5, 0.6) is 0 Å². The quantitative estimate of drug-likeness (QED) is 0.807. The molecule has 1 saturated carbocycles. The second kappa shape index (κ2) is 3.88. The fourth-order valence-electron chi connectivity index (χ4n) is 2.65. The number of hydrogen-bond acceptors (Lipinski definition) is 2. The number of hydrogen-bond donors (Lipinski definition) is 1. The largest absolute Gasteiger partial charge is 0.406 e. The van der Waals surface area contributed by atoms with Gasteiger partial charge in [-0.2, -0.15) is 13.2 Å². The van der Waals surface area contributed by atoms with E-state index >= 15 is 0 Å². The van der Waals surface area contributed by atoms with E-state index in [1.54, 1.807) is 4.90 Å². The van der Waals surface area contributed by atoms with Crippen molar-refractivity contribution in [2.75, 3.05) is 13.1 Å². The number of likely N-dealkylation sites (tertiary alicyclic amines) is 1. The van der Waals surface area contributed by atoms with Gasteiger partial charge in [-0.25, -0.2) is 0 Å². The molecule has 2 aliphatic rings. The highest BCUT2D eigenvalue weighted by Gasteiger charge is 2.67. The maximum Gasteiger partial charge on any atom is 0.406 e. The lowest BCUT2D eigenvalue weighted by atomic mass is 10.2. The highest BCUT2D eigenvalue weighted by Crippen LogP contribution is 2.54. The molecule has 1 aliphatic carbocycles. The van der Waals surface area contributed by atoms with Crippen molar-refractivity contribution in [2.24, 2.45) is 0 Å². The van der Waals surface area contributed by atoms with Gasteiger partial charge in [0.1, 0.15) is 5.54 Å². The van der Waals surface area contributed by atoms with Crippen LogP contribution in [0.2, 0.25) is 0 Å². The molecule has 1 N–H and O–H groups in total. The van der Waals surface area contributed by atoms with Gasteiger partial charge >= 0.3 is 6.18 Å². The van der Waals surface area contributed by atoms with E-state index in [0.29, 0.717) is 19.1 Å². The van der Waals surface area contributed by atoms with Gasteiger partial charge in [0.2, 0.25) is 0 Å². The highest BCUT2D eigenvalue weighted by molar-refractivity contribution is 5.11. The van der Waals surface area contributed by atoms with E-state index in [4.69, 9.17) is 0 Å². The van der Waals surface area contributed by atoms with E-state index in [-0.39, 0.29) is 18.9 Å². The third-order valence-electron chi connectivity index (χ3n) is 3.61. The maximum atomic E-state index is 12.9. The van der Waals surface area contributed by atoms with Gasteiger partial charge in [-0.05, 0) is 19.3 Å². The van der Waals surface area contributed by atoms with Crippen molar-refractivity contribution >= 4 is 0 Å². The van der Waals surface area contributed by atoms with E-state index in [1.807, 2.05) is 13.8 Å². The third kappa shape index (κ3) is 2.07. The van der Waals surface area contributed by atoms with Crippen LogP contribution in [0.1, 0.15) is 33.1 Å². The van der Waals surface area contributed by atoms with Crippen LogP contribution in [0.15, 0.2) is 0 Å². The molecular weight excluding hydrogens is 217 g/mol. The Morgan fingerprint density at radius 3 is 2.38 bits per heavy atom. The van der Waals surface area contributed by atoms with Crippen molar-refractivity contribution in [1.29, 1.82) is 0 Å². The average molecular weight is 236 g/mol. The van der Waals surface area contributed by atoms with Gasteiger partial charge in [0.15, 0.2) is 0 Å². The summed E-state index contributed by atoms with van der Waals surface area (Å²) in [5.74, 6) is 0. The first-order chi connectivity index (χ1) is 7.35. The fourth-order valence-corrected chi connectivity index (χ4v) is 2.65. The summed E-state index contributed by atoms with van der Waals surface area (Å²) >= 11 is 0. The first-order valence-corrected chi connectivity index (χ1v) is 5.93. The van der Waals surface area contributed by atoms with Gasteiger partial charge in [-0.3, -0.25) is 4.90 Å². The van der Waals surface area contributed by atoms with Crippen LogP contribution < -0.4 is 5.32 Å². The van der Waals surface area contributed by atoms with Crippen LogP contribution in [0.4, 0.5) is 13.2 Å². The van der Waals surface area contributed by atoms with Crippen molar-refractivity contribution in [3.63, 3.8) is 0 Å². The first kappa shape index (κ1) is 12.2. The van der Waals surface area contributed by atoms with Crippen molar-refractivity contribution in [3.05, 3.63) is 0 Å². The molecule has 1 aliphatic heterocycles. The molecule has 0 amide bonds. The van der Waals surface area contributed by atoms with Crippen LogP contribution in [-0.2, 0) is 0 Å². The molecule has 1 saturated heterocycles. The van der Waals surface area contributed by atoms with Crippen molar-refractivity contribution in [3.8, 4) is 0 Å². The lowest BCUT2D eigenvalue weighted by molar-refractivity contribution is -0.193. The molecule has 0 spiro atoms. The van der Waals surface area contributed by atoms with E-state index in [2.05, 4.69) is 5.32 Å². The molecule has 2 nitrogen and oxygen atoms in total. The predicted octanol–water partition coefficient (Wildman–Crippen LogP) is 2.15. The Hall–Kier alpha value is -0.290. The summed E-state index contributed by atoms with van der Waals surface area (Å²) in [4.78, 5) is 1.63. The maximum absolute atomic E-state index is 12.9. The van der Waals surface area contributed by atoms with E-state index in [1.165, 1.54) is 0 Å². The molecule has 1 heterocycles. The summed E-state index contributed by atoms with van der Waals surface area (Å²) in [6.45, 7) is 5.17. The predicted molar refractivity (Wildman–Crippen MR) is 56.3 cm³/mol. The minimum absolute atomic E-state index is 0.222. The van der Waals surface area contributed by atoms with Gasteiger partial charge in [-0.1, -0.05) is 13.8 Å². The summed E-state index contributed by atoms with van der Waals surface area (Å²) in [5.41, 5.74) is -1.47. The lowest BCUT2D eigenvalue weighted by Gasteiger charge is -2.30. The zero-order chi connectivity index (χ0) is 12.0. The van der Waals surface area contributed by atoms with Crippen LogP contribution >= 0.6 is 0 Å². The molecule has 1 unspecified atom stereocenters. The molecule has 0 aromatic heterocycles. The Morgan fingerprint density at radius 1 is 1.31 bits per heavy atom. The molecule has 94 valence electrons. The van der Waals surface area contributed by atoms with Gasteiger partial charge in [0, 0.05) is 25.2 Å². The van der Waals surface area contributed by atoms with Gasteiger partial charge in [0.25, 0.3) is 0 Å². The smallest absolute Gasteiger partial charge is 0.310 e. The molecular formula is C11H19F3N2. The van der Waals surface area contributed by atoms with E-state index < -0.39 is 11.7 Å². The third-order valence-corrected chi connectivity index (χ3v) is 3.61. The zero-order valence-electron chi connectivity index (χ0n) is 9.77. The van der Waals surface area contributed by atoms with Crippen molar-refractivity contribution in [2.45, 2.75) is 56.9 Å². The molecule has 0 radical (unpaired) electrons. The number of nitrogens with zero attached hydrogens (tertiary/aromatic N) is 1. The van der Waals surface area contributed by atoms with Crippen LogP contribution in [0, 0.1) is 0 Å². The van der Waals surface area contributed by atoms with Gasteiger partial charge in [0.05, 0.1) is 0 Å². The topological polar surface area (TPSA) is 15.3 Å². The SMILES string of the molecule is CC(C)NC1CCN(C2(C(F)(F)F)CC2)C1. The second-order valence-electron chi connectivity index (χ2n) is 5.28. The fraction of sp³-hybridized carbons (Fsp3) is 1.00. The average Bonchev–Trinajstić information content (AvgIpc) is 2.82. The number of rotatable bonds is 3. The van der Waals surface area contributed by atoms with Crippen LogP contribution in [-0.4, -0.2) is 41.8 Å². The molecule has 2 rings (SSSR count). The molecule has 2 fully saturated rings. The summed E-state index contributed by atoms with van der Waals surface area (Å²) < 4.78 is 38.6. The molecule has 16 heavy (non-hydrogen) atoms. The molecule has 0 bridgehead atoms. The first-order valence-electron chi connectivity index (χ1n) is 5.93. The summed E-state index contributed by atoms with van der Waals surface area (Å²) in [6.07, 6.45) is -2.66. The Morgan fingerprint density at radius 2 is 1.94 bits per heavy atom. The highest BCUT2D eigenvalue weighted by atomic mass is 19.4.